The summed E-state index contributed by atoms with van der Waals surface area (Å²) in [6, 6.07) is 1.85. The first-order valence-corrected chi connectivity index (χ1v) is 3.64. The Morgan fingerprint density at radius 2 is 2.25 bits per heavy atom. The zero-order valence-corrected chi connectivity index (χ0v) is 6.84. The molecule has 0 aliphatic carbocycles. The third-order valence-corrected chi connectivity index (χ3v) is 1.78. The molecule has 2 aromatic rings. The van der Waals surface area contributed by atoms with Crippen LogP contribution < -0.4 is 5.56 Å². The average molecular weight is 164 g/mol. The molecule has 0 aliphatic heterocycles. The highest BCUT2D eigenvalue weighted by Gasteiger charge is 2.07. The largest absolute Gasteiger partial charge is 0.358 e. The fourth-order valence-electron chi connectivity index (χ4n) is 1.30. The standard InChI is InChI=1S/C8H8N2O2/c1-4-3-5(2)9-8-6(4)7(11)10-12-8/h3H,1-2H3,(H,10,11). The van der Waals surface area contributed by atoms with E-state index in [2.05, 4.69) is 10.1 Å². The van der Waals surface area contributed by atoms with Gasteiger partial charge in [0.15, 0.2) is 0 Å². The second kappa shape index (κ2) is 2.20. The third-order valence-electron chi connectivity index (χ3n) is 1.78. The Hall–Kier alpha value is -1.58. The number of aryl methyl sites for hydroxylation is 2. The Labute approximate surface area is 68.2 Å². The lowest BCUT2D eigenvalue weighted by molar-refractivity contribution is 0.441. The summed E-state index contributed by atoms with van der Waals surface area (Å²) in [6.45, 7) is 3.72. The summed E-state index contributed by atoms with van der Waals surface area (Å²) in [4.78, 5) is 15.2. The van der Waals surface area contributed by atoms with Crippen molar-refractivity contribution in [3.8, 4) is 0 Å². The number of nitrogens with zero attached hydrogens (tertiary/aromatic N) is 1. The summed E-state index contributed by atoms with van der Waals surface area (Å²) in [5.41, 5.74) is 1.92. The zero-order chi connectivity index (χ0) is 8.72. The molecule has 12 heavy (non-hydrogen) atoms. The summed E-state index contributed by atoms with van der Waals surface area (Å²) >= 11 is 0. The molecule has 4 nitrogen and oxygen atoms in total. The monoisotopic (exact) mass is 164 g/mol. The number of pyridine rings is 1. The third kappa shape index (κ3) is 0.845. The van der Waals surface area contributed by atoms with Gasteiger partial charge in [-0.1, -0.05) is 0 Å². The Morgan fingerprint density at radius 3 is 3.00 bits per heavy atom. The maximum atomic E-state index is 11.1. The van der Waals surface area contributed by atoms with E-state index < -0.39 is 0 Å². The first-order valence-electron chi connectivity index (χ1n) is 3.64. The van der Waals surface area contributed by atoms with Gasteiger partial charge in [-0.2, -0.15) is 5.16 Å². The van der Waals surface area contributed by atoms with E-state index in [1.54, 1.807) is 0 Å². The van der Waals surface area contributed by atoms with Crippen LogP contribution in [0.2, 0.25) is 0 Å². The normalized spacial score (nSPS) is 10.8. The SMILES string of the molecule is Cc1cc(C)c2c(=O)[nH]oc2n1. The van der Waals surface area contributed by atoms with Crippen molar-refractivity contribution in [3.05, 3.63) is 27.7 Å². The van der Waals surface area contributed by atoms with Crippen LogP contribution in [0.1, 0.15) is 11.3 Å². The lowest BCUT2D eigenvalue weighted by atomic mass is 10.2. The van der Waals surface area contributed by atoms with Crippen molar-refractivity contribution in [2.75, 3.05) is 0 Å². The Morgan fingerprint density at radius 1 is 1.50 bits per heavy atom. The number of fused-ring (bicyclic) bond motifs is 1. The first kappa shape index (κ1) is 7.09. The van der Waals surface area contributed by atoms with Crippen molar-refractivity contribution >= 4 is 11.1 Å². The van der Waals surface area contributed by atoms with E-state index >= 15 is 0 Å². The zero-order valence-electron chi connectivity index (χ0n) is 6.84. The molecule has 0 unspecified atom stereocenters. The highest BCUT2D eigenvalue weighted by molar-refractivity contribution is 5.75. The molecule has 2 rings (SSSR count). The molecule has 2 aromatic heterocycles. The van der Waals surface area contributed by atoms with Gasteiger partial charge in [0.2, 0.25) is 0 Å². The van der Waals surface area contributed by atoms with Gasteiger partial charge in [-0.25, -0.2) is 4.98 Å². The molecule has 2 heterocycles. The summed E-state index contributed by atoms with van der Waals surface area (Å²) in [6.07, 6.45) is 0. The van der Waals surface area contributed by atoms with Crippen LogP contribution in [0.25, 0.3) is 11.1 Å². The summed E-state index contributed by atoms with van der Waals surface area (Å²) in [7, 11) is 0. The van der Waals surface area contributed by atoms with Gasteiger partial charge >= 0.3 is 0 Å². The van der Waals surface area contributed by atoms with Gasteiger partial charge in [0.05, 0.1) is 0 Å². The second-order valence-electron chi connectivity index (χ2n) is 2.79. The number of rotatable bonds is 0. The minimum absolute atomic E-state index is 0.213. The minimum Gasteiger partial charge on any atom is -0.358 e. The lowest BCUT2D eigenvalue weighted by Crippen LogP contribution is -1.99. The maximum Gasteiger partial charge on any atom is 0.289 e. The van der Waals surface area contributed by atoms with E-state index in [0.717, 1.165) is 11.3 Å². The number of nitrogens with one attached hydrogen (secondary N) is 1. The highest BCUT2D eigenvalue weighted by atomic mass is 16.5. The van der Waals surface area contributed by atoms with Crippen LogP contribution in [-0.2, 0) is 0 Å². The molecular weight excluding hydrogens is 156 g/mol. The second-order valence-corrected chi connectivity index (χ2v) is 2.79. The van der Waals surface area contributed by atoms with Gasteiger partial charge in [-0.3, -0.25) is 4.79 Å². The number of hydrogen-bond acceptors (Lipinski definition) is 3. The Bertz CT molecular complexity index is 481. The van der Waals surface area contributed by atoms with Crippen LogP contribution in [0, 0.1) is 13.8 Å². The van der Waals surface area contributed by atoms with Crippen LogP contribution in [0.15, 0.2) is 15.4 Å². The van der Waals surface area contributed by atoms with Gasteiger partial charge in [0.1, 0.15) is 5.39 Å². The number of H-pyrrole nitrogens is 1. The van der Waals surface area contributed by atoms with E-state index in [0.29, 0.717) is 11.1 Å². The van der Waals surface area contributed by atoms with Crippen LogP contribution >= 0.6 is 0 Å². The first-order chi connectivity index (χ1) is 5.68. The summed E-state index contributed by atoms with van der Waals surface area (Å²) in [5.74, 6) is 0. The number of hydrogen-bond donors (Lipinski definition) is 1. The number of aromatic amines is 1. The quantitative estimate of drug-likeness (QED) is 0.635. The van der Waals surface area contributed by atoms with Crippen molar-refractivity contribution in [3.63, 3.8) is 0 Å². The van der Waals surface area contributed by atoms with E-state index in [1.807, 2.05) is 19.9 Å². The number of aromatic nitrogens is 2. The van der Waals surface area contributed by atoms with Gasteiger partial charge < -0.3 is 4.52 Å². The molecule has 0 aliphatic rings. The predicted octanol–water partition coefficient (Wildman–Crippen LogP) is 1.13. The molecule has 0 aromatic carbocycles. The van der Waals surface area contributed by atoms with Crippen molar-refractivity contribution in [2.45, 2.75) is 13.8 Å². The molecule has 0 spiro atoms. The fraction of sp³-hybridized carbons (Fsp3) is 0.250. The summed E-state index contributed by atoms with van der Waals surface area (Å²) in [5, 5.41) is 2.79. The molecular formula is C8H8N2O2. The Kier molecular flexibility index (Phi) is 1.30. The topological polar surface area (TPSA) is 58.9 Å². The van der Waals surface area contributed by atoms with E-state index in [4.69, 9.17) is 4.52 Å². The van der Waals surface area contributed by atoms with E-state index in [1.165, 1.54) is 0 Å². The molecule has 62 valence electrons. The molecule has 0 amide bonds. The van der Waals surface area contributed by atoms with E-state index in [-0.39, 0.29) is 5.56 Å². The average Bonchev–Trinajstić information content (AvgIpc) is 2.31. The van der Waals surface area contributed by atoms with Crippen LogP contribution in [0.3, 0.4) is 0 Å². The van der Waals surface area contributed by atoms with Crippen molar-refractivity contribution < 1.29 is 4.52 Å². The van der Waals surface area contributed by atoms with Crippen molar-refractivity contribution in [2.24, 2.45) is 0 Å². The molecule has 0 atom stereocenters. The van der Waals surface area contributed by atoms with Gasteiger partial charge in [-0.05, 0) is 25.5 Å². The highest BCUT2D eigenvalue weighted by Crippen LogP contribution is 2.12. The predicted molar refractivity (Wildman–Crippen MR) is 44.1 cm³/mol. The molecule has 0 bridgehead atoms. The van der Waals surface area contributed by atoms with Crippen molar-refractivity contribution in [1.82, 2.24) is 10.1 Å². The molecule has 4 heteroatoms. The van der Waals surface area contributed by atoms with Gasteiger partial charge in [0.25, 0.3) is 11.3 Å². The van der Waals surface area contributed by atoms with E-state index in [9.17, 15) is 4.79 Å². The van der Waals surface area contributed by atoms with Crippen LogP contribution in [0.5, 0.6) is 0 Å². The smallest absolute Gasteiger partial charge is 0.289 e. The lowest BCUT2D eigenvalue weighted by Gasteiger charge is -1.93. The molecule has 0 radical (unpaired) electrons. The molecule has 0 fully saturated rings. The van der Waals surface area contributed by atoms with Crippen LogP contribution in [-0.4, -0.2) is 10.1 Å². The molecule has 1 N–H and O–H groups in total. The van der Waals surface area contributed by atoms with Gasteiger partial charge in [0, 0.05) is 5.69 Å². The molecule has 0 saturated heterocycles. The molecule has 0 saturated carbocycles. The Balaban J connectivity index is 3.03. The van der Waals surface area contributed by atoms with Gasteiger partial charge in [-0.15, -0.1) is 0 Å². The van der Waals surface area contributed by atoms with Crippen molar-refractivity contribution in [1.29, 1.82) is 0 Å². The van der Waals surface area contributed by atoms with Crippen LogP contribution in [0.4, 0.5) is 0 Å². The minimum atomic E-state index is -0.213. The summed E-state index contributed by atoms with van der Waals surface area (Å²) < 4.78 is 4.86. The fourth-order valence-corrected chi connectivity index (χ4v) is 1.30. The maximum absolute atomic E-state index is 11.1.